The highest BCUT2D eigenvalue weighted by Gasteiger charge is 2.08. The van der Waals surface area contributed by atoms with Crippen molar-refractivity contribution in [2.24, 2.45) is 0 Å². The van der Waals surface area contributed by atoms with E-state index in [1.165, 1.54) is 11.0 Å². The van der Waals surface area contributed by atoms with Gasteiger partial charge in [0.1, 0.15) is 0 Å². The third-order valence-corrected chi connectivity index (χ3v) is 2.24. The van der Waals surface area contributed by atoms with Gasteiger partial charge in [-0.3, -0.25) is 4.79 Å². The summed E-state index contributed by atoms with van der Waals surface area (Å²) >= 11 is 3.83. The number of hydrogen-bond acceptors (Lipinski definition) is 2. The second-order valence-electron chi connectivity index (χ2n) is 3.16. The summed E-state index contributed by atoms with van der Waals surface area (Å²) in [4.78, 5) is 12.6. The fourth-order valence-corrected chi connectivity index (χ4v) is 1.36. The largest absolute Gasteiger partial charge is 0.341 e. The molecule has 0 bridgehead atoms. The summed E-state index contributed by atoms with van der Waals surface area (Å²) in [5, 5.41) is 0. The monoisotopic (exact) mass is 231 g/mol. The summed E-state index contributed by atoms with van der Waals surface area (Å²) in [7, 11) is 1.58. The highest BCUT2D eigenvalue weighted by atomic mass is 32.1. The number of halogens is 2. The molecule has 1 rings (SSSR count). The van der Waals surface area contributed by atoms with E-state index in [4.69, 9.17) is 0 Å². The smallest absolute Gasteiger partial charge is 0.232 e. The number of nitrogens with zero attached hydrogens (tertiary/aromatic N) is 1. The van der Waals surface area contributed by atoms with Crippen LogP contribution in [0.2, 0.25) is 0 Å². The maximum absolute atomic E-state index is 12.8. The van der Waals surface area contributed by atoms with Crippen LogP contribution in [0.15, 0.2) is 18.2 Å². The Morgan fingerprint density at radius 2 is 2.07 bits per heavy atom. The Labute approximate surface area is 92.3 Å². The minimum atomic E-state index is -0.903. The molecule has 15 heavy (non-hydrogen) atoms. The minimum Gasteiger partial charge on any atom is -0.341 e. The predicted molar refractivity (Wildman–Crippen MR) is 56.7 cm³/mol. The average Bonchev–Trinajstić information content (AvgIpc) is 2.22. The Morgan fingerprint density at radius 3 is 2.60 bits per heavy atom. The number of rotatable bonds is 3. The van der Waals surface area contributed by atoms with E-state index in [0.717, 1.165) is 12.1 Å². The van der Waals surface area contributed by atoms with Crippen molar-refractivity contribution >= 4 is 18.5 Å². The molecule has 1 aromatic carbocycles. The first kappa shape index (κ1) is 12.0. The maximum Gasteiger partial charge on any atom is 0.232 e. The van der Waals surface area contributed by atoms with Crippen molar-refractivity contribution in [2.45, 2.75) is 6.54 Å². The first-order valence-corrected chi connectivity index (χ1v) is 4.96. The van der Waals surface area contributed by atoms with E-state index >= 15 is 0 Å². The molecule has 0 N–H and O–H groups in total. The average molecular weight is 231 g/mol. The van der Waals surface area contributed by atoms with Gasteiger partial charge in [-0.05, 0) is 17.7 Å². The molecule has 2 nitrogen and oxygen atoms in total. The highest BCUT2D eigenvalue weighted by molar-refractivity contribution is 7.81. The molecule has 0 aliphatic heterocycles. The molecule has 1 aromatic rings. The van der Waals surface area contributed by atoms with Gasteiger partial charge in [0.2, 0.25) is 5.91 Å². The van der Waals surface area contributed by atoms with Crippen molar-refractivity contribution in [1.82, 2.24) is 4.90 Å². The van der Waals surface area contributed by atoms with Gasteiger partial charge in [0, 0.05) is 13.6 Å². The van der Waals surface area contributed by atoms with Crippen LogP contribution >= 0.6 is 12.6 Å². The van der Waals surface area contributed by atoms with Crippen LogP contribution in [0.5, 0.6) is 0 Å². The van der Waals surface area contributed by atoms with Gasteiger partial charge < -0.3 is 4.90 Å². The van der Waals surface area contributed by atoms with E-state index in [1.54, 1.807) is 7.05 Å². The first-order chi connectivity index (χ1) is 7.04. The lowest BCUT2D eigenvalue weighted by molar-refractivity contribution is -0.127. The number of thiol groups is 1. The molecular formula is C10H11F2NOS. The van der Waals surface area contributed by atoms with Crippen molar-refractivity contribution in [1.29, 1.82) is 0 Å². The van der Waals surface area contributed by atoms with Crippen molar-refractivity contribution in [3.05, 3.63) is 35.4 Å². The third-order valence-electron chi connectivity index (χ3n) is 1.96. The van der Waals surface area contributed by atoms with Gasteiger partial charge in [-0.15, -0.1) is 0 Å². The molecular weight excluding hydrogens is 220 g/mol. The molecule has 0 atom stereocenters. The van der Waals surface area contributed by atoms with Gasteiger partial charge in [0.05, 0.1) is 5.75 Å². The van der Waals surface area contributed by atoms with E-state index in [9.17, 15) is 13.6 Å². The Bertz CT molecular complexity index is 370. The number of hydrogen-bond donors (Lipinski definition) is 1. The zero-order chi connectivity index (χ0) is 11.4. The normalized spacial score (nSPS) is 10.1. The van der Waals surface area contributed by atoms with Gasteiger partial charge in [-0.1, -0.05) is 6.07 Å². The molecule has 1 amide bonds. The maximum atomic E-state index is 12.8. The van der Waals surface area contributed by atoms with Crippen LogP contribution in [-0.2, 0) is 11.3 Å². The van der Waals surface area contributed by atoms with Crippen LogP contribution in [0.3, 0.4) is 0 Å². The van der Waals surface area contributed by atoms with Gasteiger partial charge in [-0.2, -0.15) is 12.6 Å². The lowest BCUT2D eigenvalue weighted by atomic mass is 10.2. The number of carbonyl (C=O) groups excluding carboxylic acids is 1. The standard InChI is InChI=1S/C10H11F2NOS/c1-13(10(14)6-15)5-7-2-3-8(11)9(12)4-7/h2-4,15H,5-6H2,1H3. The molecule has 0 fully saturated rings. The number of carbonyl (C=O) groups is 1. The molecule has 82 valence electrons. The molecule has 0 saturated carbocycles. The Morgan fingerprint density at radius 1 is 1.40 bits per heavy atom. The van der Waals surface area contributed by atoms with Gasteiger partial charge in [-0.25, -0.2) is 8.78 Å². The minimum absolute atomic E-state index is 0.0974. The van der Waals surface area contributed by atoms with Gasteiger partial charge >= 0.3 is 0 Å². The van der Waals surface area contributed by atoms with E-state index in [-0.39, 0.29) is 18.2 Å². The van der Waals surface area contributed by atoms with E-state index < -0.39 is 11.6 Å². The molecule has 0 heterocycles. The summed E-state index contributed by atoms with van der Waals surface area (Å²) in [6.07, 6.45) is 0. The summed E-state index contributed by atoms with van der Waals surface area (Å²) in [5.41, 5.74) is 0.548. The van der Waals surface area contributed by atoms with Crippen LogP contribution in [-0.4, -0.2) is 23.6 Å². The summed E-state index contributed by atoms with van der Waals surface area (Å²) in [5.74, 6) is -1.86. The lowest BCUT2D eigenvalue weighted by Gasteiger charge is -2.15. The van der Waals surface area contributed by atoms with Crippen molar-refractivity contribution in [2.75, 3.05) is 12.8 Å². The van der Waals surface area contributed by atoms with Gasteiger partial charge in [0.25, 0.3) is 0 Å². The second kappa shape index (κ2) is 5.11. The van der Waals surface area contributed by atoms with E-state index in [0.29, 0.717) is 5.56 Å². The van der Waals surface area contributed by atoms with Crippen LogP contribution in [0.1, 0.15) is 5.56 Å². The molecule has 0 saturated heterocycles. The fraction of sp³-hybridized carbons (Fsp3) is 0.300. The van der Waals surface area contributed by atoms with Crippen LogP contribution < -0.4 is 0 Å². The molecule has 0 aliphatic carbocycles. The van der Waals surface area contributed by atoms with E-state index in [2.05, 4.69) is 12.6 Å². The highest BCUT2D eigenvalue weighted by Crippen LogP contribution is 2.10. The van der Waals surface area contributed by atoms with Crippen molar-refractivity contribution in [3.8, 4) is 0 Å². The van der Waals surface area contributed by atoms with E-state index in [1.807, 2.05) is 0 Å². The number of amides is 1. The predicted octanol–water partition coefficient (Wildman–Crippen LogP) is 1.85. The zero-order valence-corrected chi connectivity index (χ0v) is 9.10. The Kier molecular flexibility index (Phi) is 4.08. The molecule has 0 spiro atoms. The third kappa shape index (κ3) is 3.20. The summed E-state index contributed by atoms with van der Waals surface area (Å²) in [6, 6.07) is 3.57. The van der Waals surface area contributed by atoms with Crippen LogP contribution in [0, 0.1) is 11.6 Å². The Balaban J connectivity index is 2.73. The summed E-state index contributed by atoms with van der Waals surface area (Å²) < 4.78 is 25.4. The molecule has 0 aliphatic rings. The SMILES string of the molecule is CN(Cc1ccc(F)c(F)c1)C(=O)CS. The molecule has 0 unspecified atom stereocenters. The second-order valence-corrected chi connectivity index (χ2v) is 3.47. The topological polar surface area (TPSA) is 20.3 Å². The Hall–Kier alpha value is -1.10. The molecule has 0 aromatic heterocycles. The van der Waals surface area contributed by atoms with Crippen molar-refractivity contribution < 1.29 is 13.6 Å². The quantitative estimate of drug-likeness (QED) is 0.787. The fourth-order valence-electron chi connectivity index (χ4n) is 1.12. The zero-order valence-electron chi connectivity index (χ0n) is 8.20. The lowest BCUT2D eigenvalue weighted by Crippen LogP contribution is -2.27. The van der Waals surface area contributed by atoms with Gasteiger partial charge in [0.15, 0.2) is 11.6 Å². The molecule has 0 radical (unpaired) electrons. The number of benzene rings is 1. The van der Waals surface area contributed by atoms with Crippen LogP contribution in [0.25, 0.3) is 0 Å². The van der Waals surface area contributed by atoms with Crippen molar-refractivity contribution in [3.63, 3.8) is 0 Å². The first-order valence-electron chi connectivity index (χ1n) is 4.33. The summed E-state index contributed by atoms with van der Waals surface area (Å²) in [6.45, 7) is 0.247. The van der Waals surface area contributed by atoms with Crippen LogP contribution in [0.4, 0.5) is 8.78 Å². The molecule has 5 heteroatoms.